The maximum absolute atomic E-state index is 10.7. The first-order valence-electron chi connectivity index (χ1n) is 3.06. The number of H-pyrrole nitrogens is 1. The smallest absolute Gasteiger partial charge is 0.339 e. The number of hydrogen-bond acceptors (Lipinski definition) is 3. The van der Waals surface area contributed by atoms with Crippen molar-refractivity contribution in [2.75, 3.05) is 0 Å². The topological polar surface area (TPSA) is 72.0 Å². The standard InChI is InChI=1S/C6H10N2O2/c1-3-5(4(2)7)8-10-6(3)9/h4,8H,7H2,1-2H3/t4-/m0/s1. The summed E-state index contributed by atoms with van der Waals surface area (Å²) in [5.41, 5.74) is 6.39. The number of nitrogens with two attached hydrogens (primary N) is 1. The Hall–Kier alpha value is -1.03. The number of nitrogens with one attached hydrogen (secondary N) is 1. The summed E-state index contributed by atoms with van der Waals surface area (Å²) >= 11 is 0. The molecule has 0 aromatic carbocycles. The zero-order chi connectivity index (χ0) is 7.72. The summed E-state index contributed by atoms with van der Waals surface area (Å²) < 4.78 is 4.50. The Morgan fingerprint density at radius 3 is 2.50 bits per heavy atom. The van der Waals surface area contributed by atoms with Crippen LogP contribution < -0.4 is 11.4 Å². The molecule has 4 heteroatoms. The van der Waals surface area contributed by atoms with Gasteiger partial charge < -0.3 is 10.3 Å². The van der Waals surface area contributed by atoms with Gasteiger partial charge in [0.25, 0.3) is 0 Å². The molecule has 1 aromatic heterocycles. The third kappa shape index (κ3) is 0.974. The largest absolute Gasteiger partial charge is 0.360 e. The lowest BCUT2D eigenvalue weighted by atomic mass is 10.2. The fourth-order valence-corrected chi connectivity index (χ4v) is 0.799. The molecule has 0 bridgehead atoms. The van der Waals surface area contributed by atoms with Gasteiger partial charge in [0.15, 0.2) is 0 Å². The van der Waals surface area contributed by atoms with Crippen molar-refractivity contribution in [3.05, 3.63) is 21.7 Å². The molecule has 0 amide bonds. The lowest BCUT2D eigenvalue weighted by Gasteiger charge is -1.98. The van der Waals surface area contributed by atoms with Crippen LogP contribution in [0, 0.1) is 6.92 Å². The third-order valence-electron chi connectivity index (χ3n) is 1.42. The molecule has 1 atom stereocenters. The van der Waals surface area contributed by atoms with E-state index in [0.717, 1.165) is 0 Å². The highest BCUT2D eigenvalue weighted by Gasteiger charge is 2.09. The van der Waals surface area contributed by atoms with Gasteiger partial charge in [0, 0.05) is 6.04 Å². The second-order valence-electron chi connectivity index (χ2n) is 2.32. The van der Waals surface area contributed by atoms with E-state index >= 15 is 0 Å². The van der Waals surface area contributed by atoms with Crippen molar-refractivity contribution in [1.29, 1.82) is 0 Å². The van der Waals surface area contributed by atoms with Gasteiger partial charge in [0.1, 0.15) is 0 Å². The third-order valence-corrected chi connectivity index (χ3v) is 1.42. The quantitative estimate of drug-likeness (QED) is 0.592. The second kappa shape index (κ2) is 2.30. The van der Waals surface area contributed by atoms with E-state index in [1.165, 1.54) is 0 Å². The highest BCUT2D eigenvalue weighted by molar-refractivity contribution is 5.15. The molecular weight excluding hydrogens is 132 g/mol. The summed E-state index contributed by atoms with van der Waals surface area (Å²) in [6, 6.07) is -0.175. The van der Waals surface area contributed by atoms with E-state index in [1.807, 2.05) is 0 Å². The van der Waals surface area contributed by atoms with Crippen molar-refractivity contribution in [1.82, 2.24) is 5.16 Å². The van der Waals surface area contributed by atoms with E-state index in [-0.39, 0.29) is 11.7 Å². The normalized spacial score (nSPS) is 13.5. The molecule has 0 aliphatic heterocycles. The molecule has 4 nitrogen and oxygen atoms in total. The van der Waals surface area contributed by atoms with Gasteiger partial charge in [-0.3, -0.25) is 0 Å². The number of rotatable bonds is 1. The molecule has 0 fully saturated rings. The first-order valence-corrected chi connectivity index (χ1v) is 3.06. The van der Waals surface area contributed by atoms with E-state index in [0.29, 0.717) is 11.3 Å². The molecule has 0 saturated carbocycles. The molecule has 1 heterocycles. The molecule has 0 aliphatic rings. The Morgan fingerprint density at radius 1 is 1.70 bits per heavy atom. The molecule has 0 radical (unpaired) electrons. The van der Waals surface area contributed by atoms with Crippen LogP contribution in [0.3, 0.4) is 0 Å². The van der Waals surface area contributed by atoms with Crippen LogP contribution in [0.15, 0.2) is 9.32 Å². The molecule has 1 aromatic rings. The van der Waals surface area contributed by atoms with Gasteiger partial charge in [-0.2, -0.15) is 0 Å². The van der Waals surface area contributed by atoms with Crippen molar-refractivity contribution in [2.24, 2.45) is 5.73 Å². The van der Waals surface area contributed by atoms with E-state index < -0.39 is 0 Å². The van der Waals surface area contributed by atoms with Crippen molar-refractivity contribution in [3.63, 3.8) is 0 Å². The van der Waals surface area contributed by atoms with Crippen LogP contribution in [-0.2, 0) is 0 Å². The average Bonchev–Trinajstić information content (AvgIpc) is 2.14. The fourth-order valence-electron chi connectivity index (χ4n) is 0.799. The Labute approximate surface area is 58.0 Å². The minimum atomic E-state index is -0.340. The van der Waals surface area contributed by atoms with Crippen LogP contribution in [0.1, 0.15) is 24.2 Å². The Bertz CT molecular complexity index is 272. The second-order valence-corrected chi connectivity index (χ2v) is 2.32. The summed E-state index contributed by atoms with van der Waals surface area (Å²) in [6.07, 6.45) is 0. The van der Waals surface area contributed by atoms with E-state index in [9.17, 15) is 4.79 Å². The highest BCUT2D eigenvalue weighted by atomic mass is 16.5. The minimum Gasteiger partial charge on any atom is -0.339 e. The number of hydrogen-bond donors (Lipinski definition) is 2. The lowest BCUT2D eigenvalue weighted by Crippen LogP contribution is -2.08. The molecular formula is C6H10N2O2. The molecule has 0 aliphatic carbocycles. The van der Waals surface area contributed by atoms with Crippen molar-refractivity contribution >= 4 is 0 Å². The SMILES string of the molecule is Cc1c([C@H](C)N)[nH]oc1=O. The predicted molar refractivity (Wildman–Crippen MR) is 36.7 cm³/mol. The molecule has 56 valence electrons. The van der Waals surface area contributed by atoms with Gasteiger partial charge in [-0.15, -0.1) is 0 Å². The van der Waals surface area contributed by atoms with Crippen LogP contribution in [0.25, 0.3) is 0 Å². The summed E-state index contributed by atoms with van der Waals surface area (Å²) in [7, 11) is 0. The minimum absolute atomic E-state index is 0.175. The molecule has 0 saturated heterocycles. The Balaban J connectivity index is 3.18. The van der Waals surface area contributed by atoms with Gasteiger partial charge >= 0.3 is 5.63 Å². The van der Waals surface area contributed by atoms with E-state index in [1.54, 1.807) is 13.8 Å². The molecule has 10 heavy (non-hydrogen) atoms. The average molecular weight is 142 g/mol. The highest BCUT2D eigenvalue weighted by Crippen LogP contribution is 2.07. The van der Waals surface area contributed by atoms with Gasteiger partial charge in [-0.25, -0.2) is 9.95 Å². The number of aromatic amines is 1. The summed E-state index contributed by atoms with van der Waals surface area (Å²) in [5, 5.41) is 2.46. The van der Waals surface area contributed by atoms with Gasteiger partial charge in [-0.1, -0.05) is 0 Å². The first-order chi connectivity index (χ1) is 4.63. The monoisotopic (exact) mass is 142 g/mol. The molecule has 0 spiro atoms. The molecule has 3 N–H and O–H groups in total. The van der Waals surface area contributed by atoms with Gasteiger partial charge in [-0.05, 0) is 13.8 Å². The van der Waals surface area contributed by atoms with Gasteiger partial charge in [0.05, 0.1) is 11.3 Å². The summed E-state index contributed by atoms with van der Waals surface area (Å²) in [6.45, 7) is 3.47. The van der Waals surface area contributed by atoms with E-state index in [2.05, 4.69) is 9.68 Å². The summed E-state index contributed by atoms with van der Waals surface area (Å²) in [4.78, 5) is 10.7. The van der Waals surface area contributed by atoms with Crippen LogP contribution in [0.5, 0.6) is 0 Å². The van der Waals surface area contributed by atoms with Crippen LogP contribution >= 0.6 is 0 Å². The van der Waals surface area contributed by atoms with Crippen molar-refractivity contribution in [2.45, 2.75) is 19.9 Å². The molecule has 1 rings (SSSR count). The van der Waals surface area contributed by atoms with Gasteiger partial charge in [0.2, 0.25) is 0 Å². The number of aromatic nitrogens is 1. The zero-order valence-electron chi connectivity index (χ0n) is 5.97. The lowest BCUT2D eigenvalue weighted by molar-refractivity contribution is 0.381. The van der Waals surface area contributed by atoms with Crippen LogP contribution in [0.2, 0.25) is 0 Å². The Morgan fingerprint density at radius 2 is 2.30 bits per heavy atom. The van der Waals surface area contributed by atoms with Crippen molar-refractivity contribution in [3.8, 4) is 0 Å². The van der Waals surface area contributed by atoms with Crippen molar-refractivity contribution < 1.29 is 4.52 Å². The molecule has 0 unspecified atom stereocenters. The Kier molecular flexibility index (Phi) is 1.63. The predicted octanol–water partition coefficient (Wildman–Crippen LogP) is 0.296. The first kappa shape index (κ1) is 7.08. The maximum Gasteiger partial charge on any atom is 0.360 e. The zero-order valence-corrected chi connectivity index (χ0v) is 5.97. The van der Waals surface area contributed by atoms with Crippen LogP contribution in [0.4, 0.5) is 0 Å². The fraction of sp³-hybridized carbons (Fsp3) is 0.500. The summed E-state index contributed by atoms with van der Waals surface area (Å²) in [5.74, 6) is 0. The van der Waals surface area contributed by atoms with E-state index in [4.69, 9.17) is 5.73 Å². The van der Waals surface area contributed by atoms with Crippen LogP contribution in [-0.4, -0.2) is 5.16 Å². The maximum atomic E-state index is 10.7.